The number of ether oxygens (including phenoxy) is 1. The predicted molar refractivity (Wildman–Crippen MR) is 91.5 cm³/mol. The molecule has 2 N–H and O–H groups in total. The van der Waals surface area contributed by atoms with Crippen LogP contribution in [-0.4, -0.2) is 46.9 Å². The normalized spacial score (nSPS) is 11.8. The molecule has 0 aromatic carbocycles. The number of hydrogen-bond donors (Lipinski definition) is 2. The maximum atomic E-state index is 5.54. The van der Waals surface area contributed by atoms with Crippen molar-refractivity contribution in [3.05, 3.63) is 30.2 Å². The second-order valence-electron chi connectivity index (χ2n) is 5.13. The number of pyridine rings is 1. The van der Waals surface area contributed by atoms with E-state index in [2.05, 4.69) is 32.7 Å². The Labute approximate surface area is 137 Å². The molecule has 126 valence electrons. The van der Waals surface area contributed by atoms with Crippen LogP contribution in [0.25, 0.3) is 5.65 Å². The first kappa shape index (κ1) is 17.2. The molecule has 0 aliphatic carbocycles. The van der Waals surface area contributed by atoms with Crippen molar-refractivity contribution in [1.29, 1.82) is 0 Å². The number of fused-ring (bicyclic) bond motifs is 1. The van der Waals surface area contributed by atoms with Crippen molar-refractivity contribution in [3.63, 3.8) is 0 Å². The van der Waals surface area contributed by atoms with Crippen molar-refractivity contribution in [2.24, 2.45) is 4.99 Å². The minimum Gasteiger partial charge on any atom is -0.380 e. The Hall–Kier alpha value is -2.15. The molecule has 0 saturated heterocycles. The van der Waals surface area contributed by atoms with E-state index in [1.807, 2.05) is 35.7 Å². The van der Waals surface area contributed by atoms with Gasteiger partial charge in [-0.3, -0.25) is 4.40 Å². The molecule has 7 nitrogen and oxygen atoms in total. The van der Waals surface area contributed by atoms with Crippen LogP contribution in [0.2, 0.25) is 0 Å². The SMILES string of the molecule is CCCCOCCNC(=NCc1nnc2ccccn12)NCC. The zero-order chi connectivity index (χ0) is 16.3. The Morgan fingerprint density at radius 2 is 2.13 bits per heavy atom. The molecular weight excluding hydrogens is 292 g/mol. The summed E-state index contributed by atoms with van der Waals surface area (Å²) in [6, 6.07) is 5.83. The topological polar surface area (TPSA) is 75.8 Å². The van der Waals surface area contributed by atoms with Crippen LogP contribution in [0.1, 0.15) is 32.5 Å². The van der Waals surface area contributed by atoms with E-state index in [0.717, 1.165) is 50.0 Å². The summed E-state index contributed by atoms with van der Waals surface area (Å²) in [7, 11) is 0. The highest BCUT2D eigenvalue weighted by Crippen LogP contribution is 2.03. The average Bonchev–Trinajstić information content (AvgIpc) is 2.99. The second-order valence-corrected chi connectivity index (χ2v) is 5.13. The van der Waals surface area contributed by atoms with Gasteiger partial charge >= 0.3 is 0 Å². The number of nitrogens with one attached hydrogen (secondary N) is 2. The number of hydrogen-bond acceptors (Lipinski definition) is 4. The molecule has 0 saturated carbocycles. The third kappa shape index (κ3) is 5.52. The molecule has 2 aromatic rings. The third-order valence-corrected chi connectivity index (χ3v) is 3.29. The van der Waals surface area contributed by atoms with Crippen molar-refractivity contribution in [3.8, 4) is 0 Å². The largest absolute Gasteiger partial charge is 0.380 e. The van der Waals surface area contributed by atoms with E-state index < -0.39 is 0 Å². The van der Waals surface area contributed by atoms with Gasteiger partial charge in [0.05, 0.1) is 6.61 Å². The summed E-state index contributed by atoms with van der Waals surface area (Å²) >= 11 is 0. The predicted octanol–water partition coefficient (Wildman–Crippen LogP) is 1.60. The quantitative estimate of drug-likeness (QED) is 0.417. The van der Waals surface area contributed by atoms with Crippen LogP contribution < -0.4 is 10.6 Å². The smallest absolute Gasteiger partial charge is 0.191 e. The Bertz CT molecular complexity index is 609. The number of aliphatic imine (C=N–C) groups is 1. The third-order valence-electron chi connectivity index (χ3n) is 3.29. The molecule has 0 amide bonds. The molecule has 2 heterocycles. The molecule has 0 radical (unpaired) electrons. The first-order chi connectivity index (χ1) is 11.3. The van der Waals surface area contributed by atoms with Gasteiger partial charge in [0.1, 0.15) is 6.54 Å². The molecule has 0 fully saturated rings. The van der Waals surface area contributed by atoms with E-state index >= 15 is 0 Å². The lowest BCUT2D eigenvalue weighted by Gasteiger charge is -2.11. The van der Waals surface area contributed by atoms with E-state index in [0.29, 0.717) is 13.2 Å². The van der Waals surface area contributed by atoms with Gasteiger partial charge in [0, 0.05) is 25.9 Å². The summed E-state index contributed by atoms with van der Waals surface area (Å²) in [5, 5.41) is 14.8. The average molecular weight is 318 g/mol. The van der Waals surface area contributed by atoms with E-state index in [-0.39, 0.29) is 0 Å². The zero-order valence-electron chi connectivity index (χ0n) is 14.0. The Morgan fingerprint density at radius 3 is 2.96 bits per heavy atom. The fraction of sp³-hybridized carbons (Fsp3) is 0.562. The summed E-state index contributed by atoms with van der Waals surface area (Å²) in [4.78, 5) is 4.56. The number of guanidine groups is 1. The molecule has 0 unspecified atom stereocenters. The van der Waals surface area contributed by atoms with E-state index in [1.54, 1.807) is 0 Å². The van der Waals surface area contributed by atoms with E-state index in [9.17, 15) is 0 Å². The zero-order valence-corrected chi connectivity index (χ0v) is 14.0. The standard InChI is InChI=1S/C16H26N6O/c1-3-5-11-23-12-9-18-16(17-4-2)19-13-15-21-20-14-8-6-7-10-22(14)15/h6-8,10H,3-5,9,11-13H2,1-2H3,(H2,17,18,19). The molecule has 23 heavy (non-hydrogen) atoms. The van der Waals surface area contributed by atoms with Gasteiger partial charge in [-0.05, 0) is 25.5 Å². The number of rotatable bonds is 9. The lowest BCUT2D eigenvalue weighted by atomic mass is 10.4. The van der Waals surface area contributed by atoms with Gasteiger partial charge in [0.25, 0.3) is 0 Å². The highest BCUT2D eigenvalue weighted by Gasteiger charge is 2.04. The van der Waals surface area contributed by atoms with Gasteiger partial charge in [-0.1, -0.05) is 19.4 Å². The monoisotopic (exact) mass is 318 g/mol. The Kier molecular flexibility index (Phi) is 7.32. The van der Waals surface area contributed by atoms with Gasteiger partial charge in [0.15, 0.2) is 17.4 Å². The first-order valence-corrected chi connectivity index (χ1v) is 8.23. The maximum absolute atomic E-state index is 5.54. The van der Waals surface area contributed by atoms with Gasteiger partial charge in [0.2, 0.25) is 0 Å². The molecule has 0 bridgehead atoms. The summed E-state index contributed by atoms with van der Waals surface area (Å²) in [6.45, 7) is 7.71. The first-order valence-electron chi connectivity index (χ1n) is 8.23. The van der Waals surface area contributed by atoms with Crippen LogP contribution in [0.5, 0.6) is 0 Å². The fourth-order valence-electron chi connectivity index (χ4n) is 2.08. The lowest BCUT2D eigenvalue weighted by molar-refractivity contribution is 0.136. The fourth-order valence-corrected chi connectivity index (χ4v) is 2.08. The van der Waals surface area contributed by atoms with Crippen LogP contribution in [0.15, 0.2) is 29.4 Å². The number of aromatic nitrogens is 3. The van der Waals surface area contributed by atoms with Crippen molar-refractivity contribution >= 4 is 11.6 Å². The molecule has 2 aromatic heterocycles. The van der Waals surface area contributed by atoms with Gasteiger partial charge in [-0.2, -0.15) is 0 Å². The summed E-state index contributed by atoms with van der Waals surface area (Å²) in [5.41, 5.74) is 0.833. The van der Waals surface area contributed by atoms with Crippen molar-refractivity contribution < 1.29 is 4.74 Å². The van der Waals surface area contributed by atoms with Gasteiger partial charge in [-0.25, -0.2) is 4.99 Å². The van der Waals surface area contributed by atoms with Crippen LogP contribution in [0.4, 0.5) is 0 Å². The van der Waals surface area contributed by atoms with Gasteiger partial charge in [-0.15, -0.1) is 10.2 Å². The van der Waals surface area contributed by atoms with Crippen molar-refractivity contribution in [2.75, 3.05) is 26.3 Å². The number of nitrogens with zero attached hydrogens (tertiary/aromatic N) is 4. The van der Waals surface area contributed by atoms with E-state index in [1.165, 1.54) is 0 Å². The lowest BCUT2D eigenvalue weighted by Crippen LogP contribution is -2.39. The van der Waals surface area contributed by atoms with E-state index in [4.69, 9.17) is 4.74 Å². The van der Waals surface area contributed by atoms with Crippen LogP contribution in [0, 0.1) is 0 Å². The van der Waals surface area contributed by atoms with Crippen LogP contribution in [-0.2, 0) is 11.3 Å². The minimum absolute atomic E-state index is 0.469. The molecule has 0 aliphatic rings. The second kappa shape index (κ2) is 9.78. The van der Waals surface area contributed by atoms with Gasteiger partial charge < -0.3 is 15.4 Å². The maximum Gasteiger partial charge on any atom is 0.191 e. The molecule has 0 spiro atoms. The molecule has 0 aliphatic heterocycles. The molecular formula is C16H26N6O. The molecule has 2 rings (SSSR count). The van der Waals surface area contributed by atoms with Crippen LogP contribution >= 0.6 is 0 Å². The van der Waals surface area contributed by atoms with Crippen LogP contribution in [0.3, 0.4) is 0 Å². The minimum atomic E-state index is 0.469. The summed E-state index contributed by atoms with van der Waals surface area (Å²) in [6.07, 6.45) is 4.21. The summed E-state index contributed by atoms with van der Waals surface area (Å²) in [5.74, 6) is 1.58. The van der Waals surface area contributed by atoms with Crippen molar-refractivity contribution in [1.82, 2.24) is 25.2 Å². The Morgan fingerprint density at radius 1 is 1.22 bits per heavy atom. The highest BCUT2D eigenvalue weighted by molar-refractivity contribution is 5.79. The number of unbranched alkanes of at least 4 members (excludes halogenated alkanes) is 1. The molecule has 7 heteroatoms. The molecule has 0 atom stereocenters. The summed E-state index contributed by atoms with van der Waals surface area (Å²) < 4.78 is 7.48. The van der Waals surface area contributed by atoms with Crippen molar-refractivity contribution in [2.45, 2.75) is 33.2 Å². The Balaban J connectivity index is 1.85. The highest BCUT2D eigenvalue weighted by atomic mass is 16.5.